The molecule has 7 nitrogen and oxygen atoms in total. The molecular formula is C24H37F2NO6. The molecule has 1 aromatic rings. The third-order valence-corrected chi connectivity index (χ3v) is 4.89. The first-order chi connectivity index (χ1) is 15.7. The summed E-state index contributed by atoms with van der Waals surface area (Å²) in [5.74, 6) is -3.15. The lowest BCUT2D eigenvalue weighted by Crippen LogP contribution is -2.36. The van der Waals surface area contributed by atoms with Gasteiger partial charge in [-0.2, -0.15) is 0 Å². The zero-order chi connectivity index (χ0) is 24.7. The number of aliphatic carboxylic acids is 1. The normalized spacial score (nSPS) is 12.3. The summed E-state index contributed by atoms with van der Waals surface area (Å²) in [5.41, 5.74) is 0.803. The van der Waals surface area contributed by atoms with Gasteiger partial charge in [-0.25, -0.2) is 18.4 Å². The molecule has 0 aliphatic heterocycles. The van der Waals surface area contributed by atoms with E-state index in [-0.39, 0.29) is 26.0 Å². The van der Waals surface area contributed by atoms with E-state index >= 15 is 0 Å². The summed E-state index contributed by atoms with van der Waals surface area (Å²) in [4.78, 5) is 25.0. The molecule has 0 aliphatic rings. The van der Waals surface area contributed by atoms with Crippen LogP contribution in [0.5, 0.6) is 5.75 Å². The minimum atomic E-state index is -2.71. The fourth-order valence-electron chi connectivity index (χ4n) is 3.06. The predicted octanol–water partition coefficient (Wildman–Crippen LogP) is 5.16. The summed E-state index contributed by atoms with van der Waals surface area (Å²) in [6.07, 6.45) is 1.07. The van der Waals surface area contributed by atoms with Crippen LogP contribution in [0.4, 0.5) is 13.6 Å². The highest BCUT2D eigenvalue weighted by Gasteiger charge is 2.21. The summed E-state index contributed by atoms with van der Waals surface area (Å²) in [5, 5.41) is 9.19. The predicted molar refractivity (Wildman–Crippen MR) is 121 cm³/mol. The Bertz CT molecular complexity index is 693. The fraction of sp³-hybridized carbons (Fsp3) is 0.667. The second-order valence-corrected chi connectivity index (χ2v) is 7.96. The van der Waals surface area contributed by atoms with E-state index in [0.29, 0.717) is 38.3 Å². The van der Waals surface area contributed by atoms with Gasteiger partial charge in [-0.15, -0.1) is 0 Å². The summed E-state index contributed by atoms with van der Waals surface area (Å²) in [6.45, 7) is 6.06. The maximum absolute atomic E-state index is 13.0. The van der Waals surface area contributed by atoms with Gasteiger partial charge in [0.1, 0.15) is 12.4 Å². The van der Waals surface area contributed by atoms with E-state index in [1.54, 1.807) is 31.2 Å². The molecule has 1 unspecified atom stereocenters. The average Bonchev–Trinajstić information content (AvgIpc) is 2.75. The number of carboxylic acid groups (broad SMARTS) is 1. The molecule has 0 radical (unpaired) electrons. The first-order valence-corrected chi connectivity index (χ1v) is 11.5. The molecule has 0 bridgehead atoms. The lowest BCUT2D eigenvalue weighted by molar-refractivity contribution is -0.149. The number of carboxylic acids is 1. The molecule has 9 heteroatoms. The average molecular weight is 474 g/mol. The number of unbranched alkanes of at least 4 members (excludes halogenated alkanes) is 2. The van der Waals surface area contributed by atoms with Gasteiger partial charge in [-0.1, -0.05) is 25.5 Å². The van der Waals surface area contributed by atoms with Gasteiger partial charge in [0.15, 0.2) is 6.10 Å². The van der Waals surface area contributed by atoms with Crippen LogP contribution >= 0.6 is 0 Å². The van der Waals surface area contributed by atoms with Crippen LogP contribution < -0.4 is 4.74 Å². The number of alkyl halides is 2. The monoisotopic (exact) mass is 473 g/mol. The summed E-state index contributed by atoms with van der Waals surface area (Å²) in [7, 11) is 0. The molecule has 0 aliphatic carbocycles. The van der Waals surface area contributed by atoms with Crippen LogP contribution in [0.25, 0.3) is 0 Å². The topological polar surface area (TPSA) is 85.3 Å². The van der Waals surface area contributed by atoms with E-state index in [4.69, 9.17) is 14.2 Å². The lowest BCUT2D eigenvalue weighted by Gasteiger charge is -2.22. The second-order valence-electron chi connectivity index (χ2n) is 7.96. The Balaban J connectivity index is 2.55. The number of benzene rings is 1. The third kappa shape index (κ3) is 13.0. The molecule has 1 rings (SSSR count). The molecule has 188 valence electrons. The number of carbonyl (C=O) groups is 2. The lowest BCUT2D eigenvalue weighted by atomic mass is 10.1. The van der Waals surface area contributed by atoms with Gasteiger partial charge < -0.3 is 24.2 Å². The fourth-order valence-corrected chi connectivity index (χ4v) is 3.06. The van der Waals surface area contributed by atoms with Gasteiger partial charge in [0.2, 0.25) is 5.92 Å². The van der Waals surface area contributed by atoms with Gasteiger partial charge in [0.25, 0.3) is 0 Å². The van der Waals surface area contributed by atoms with Crippen molar-refractivity contribution >= 4 is 12.1 Å². The Kier molecular flexibility index (Phi) is 13.4. The molecule has 0 heterocycles. The molecule has 0 saturated heterocycles. The van der Waals surface area contributed by atoms with E-state index in [1.165, 1.54) is 4.90 Å². The Hall–Kier alpha value is -2.42. The van der Waals surface area contributed by atoms with Crippen LogP contribution in [0, 0.1) is 0 Å². The van der Waals surface area contributed by atoms with Crippen LogP contribution in [-0.4, -0.2) is 67.0 Å². The summed E-state index contributed by atoms with van der Waals surface area (Å²) in [6, 6.07) is 7.00. The van der Waals surface area contributed by atoms with Crippen molar-refractivity contribution < 1.29 is 37.7 Å². The van der Waals surface area contributed by atoms with Crippen LogP contribution in [0.2, 0.25) is 0 Å². The van der Waals surface area contributed by atoms with Gasteiger partial charge in [0.05, 0.1) is 13.2 Å². The van der Waals surface area contributed by atoms with Gasteiger partial charge in [-0.05, 0) is 50.8 Å². The first-order valence-electron chi connectivity index (χ1n) is 11.5. The number of nitrogens with zero attached hydrogens (tertiary/aromatic N) is 1. The second kappa shape index (κ2) is 15.4. The highest BCUT2D eigenvalue weighted by Crippen LogP contribution is 2.20. The molecule has 1 atom stereocenters. The van der Waals surface area contributed by atoms with Crippen LogP contribution in [0.1, 0.15) is 58.4 Å². The van der Waals surface area contributed by atoms with Crippen molar-refractivity contribution in [1.29, 1.82) is 0 Å². The molecule has 1 N–H and O–H groups in total. The molecule has 0 aromatic heterocycles. The minimum absolute atomic E-state index is 0.211. The zero-order valence-electron chi connectivity index (χ0n) is 19.9. The largest absolute Gasteiger partial charge is 0.492 e. The number of hydrogen-bond donors (Lipinski definition) is 1. The van der Waals surface area contributed by atoms with Crippen molar-refractivity contribution in [2.45, 2.75) is 71.3 Å². The molecule has 0 fully saturated rings. The first kappa shape index (κ1) is 28.6. The van der Waals surface area contributed by atoms with Gasteiger partial charge in [-0.3, -0.25) is 0 Å². The SMILES string of the molecule is CCCCOC(=O)N(CCCCC(C)(F)F)CCOc1ccc(CC(OCC)C(=O)O)cc1. The maximum Gasteiger partial charge on any atom is 0.409 e. The Morgan fingerprint density at radius 1 is 1.06 bits per heavy atom. The molecule has 33 heavy (non-hydrogen) atoms. The Morgan fingerprint density at radius 3 is 2.33 bits per heavy atom. The van der Waals surface area contributed by atoms with E-state index < -0.39 is 24.1 Å². The number of halogens is 2. The van der Waals surface area contributed by atoms with Gasteiger partial charge in [0, 0.05) is 26.0 Å². The quantitative estimate of drug-likeness (QED) is 0.315. The van der Waals surface area contributed by atoms with Crippen LogP contribution in [-0.2, 0) is 20.7 Å². The van der Waals surface area contributed by atoms with E-state index in [0.717, 1.165) is 25.3 Å². The number of amides is 1. The van der Waals surface area contributed by atoms with Crippen LogP contribution in [0.3, 0.4) is 0 Å². The Labute approximate surface area is 195 Å². The molecular weight excluding hydrogens is 436 g/mol. The van der Waals surface area contributed by atoms with E-state index in [1.807, 2.05) is 6.92 Å². The molecule has 0 saturated carbocycles. The van der Waals surface area contributed by atoms with E-state index in [2.05, 4.69) is 0 Å². The van der Waals surface area contributed by atoms with Crippen molar-refractivity contribution in [3.8, 4) is 5.75 Å². The van der Waals surface area contributed by atoms with Crippen molar-refractivity contribution in [3.63, 3.8) is 0 Å². The summed E-state index contributed by atoms with van der Waals surface area (Å²) >= 11 is 0. The number of ether oxygens (including phenoxy) is 3. The third-order valence-electron chi connectivity index (χ3n) is 4.89. The van der Waals surface area contributed by atoms with Crippen molar-refractivity contribution in [1.82, 2.24) is 4.90 Å². The minimum Gasteiger partial charge on any atom is -0.492 e. The highest BCUT2D eigenvalue weighted by atomic mass is 19.3. The maximum atomic E-state index is 13.0. The van der Waals surface area contributed by atoms with Gasteiger partial charge >= 0.3 is 12.1 Å². The van der Waals surface area contributed by atoms with Crippen molar-refractivity contribution in [2.75, 3.05) is 32.9 Å². The summed E-state index contributed by atoms with van der Waals surface area (Å²) < 4.78 is 42.2. The number of carbonyl (C=O) groups excluding carboxylic acids is 1. The van der Waals surface area contributed by atoms with Crippen molar-refractivity contribution in [2.24, 2.45) is 0 Å². The van der Waals surface area contributed by atoms with Crippen molar-refractivity contribution in [3.05, 3.63) is 29.8 Å². The smallest absolute Gasteiger partial charge is 0.409 e. The zero-order valence-corrected chi connectivity index (χ0v) is 19.9. The Morgan fingerprint density at radius 2 is 1.76 bits per heavy atom. The van der Waals surface area contributed by atoms with E-state index in [9.17, 15) is 23.5 Å². The molecule has 1 amide bonds. The number of hydrogen-bond acceptors (Lipinski definition) is 5. The van der Waals surface area contributed by atoms with Crippen LogP contribution in [0.15, 0.2) is 24.3 Å². The highest BCUT2D eigenvalue weighted by molar-refractivity contribution is 5.72. The molecule has 0 spiro atoms. The number of rotatable bonds is 17. The standard InChI is InChI=1S/C24H37F2NO6/c1-4-6-16-33-23(30)27(14-8-7-13-24(3,25)26)15-17-32-20-11-9-19(10-12-20)18-21(22(28)29)31-5-2/h9-12,21H,4-8,13-18H2,1-3H3,(H,28,29). The molecule has 1 aromatic carbocycles.